The van der Waals surface area contributed by atoms with Crippen molar-refractivity contribution in [3.05, 3.63) is 0 Å². The second kappa shape index (κ2) is 5.22. The molecule has 0 aromatic carbocycles. The Morgan fingerprint density at radius 3 is 2.21 bits per heavy atom. The van der Waals surface area contributed by atoms with Crippen molar-refractivity contribution in [1.29, 1.82) is 15.8 Å². The van der Waals surface area contributed by atoms with Crippen molar-refractivity contribution in [3.63, 3.8) is 0 Å². The van der Waals surface area contributed by atoms with Crippen LogP contribution in [-0.2, 0) is 0 Å². The molecule has 14 heavy (non-hydrogen) atoms. The molecule has 0 saturated heterocycles. The third-order valence-corrected chi connectivity index (χ3v) is 2.66. The predicted octanol–water partition coefficient (Wildman–Crippen LogP) is 1.03. The predicted molar refractivity (Wildman–Crippen MR) is 49.5 cm³/mol. The van der Waals surface area contributed by atoms with Crippen LogP contribution >= 0.6 is 0 Å². The average Bonchev–Trinajstić information content (AvgIpc) is 2.65. The third-order valence-electron chi connectivity index (χ3n) is 2.66. The highest BCUT2D eigenvalue weighted by Gasteiger charge is 2.31. The van der Waals surface area contributed by atoms with E-state index in [0.717, 1.165) is 19.3 Å². The first-order valence-corrected chi connectivity index (χ1v) is 4.71. The van der Waals surface area contributed by atoms with Crippen LogP contribution in [0.3, 0.4) is 0 Å². The Morgan fingerprint density at radius 1 is 1.07 bits per heavy atom. The summed E-state index contributed by atoms with van der Waals surface area (Å²) in [6.45, 7) is 0.493. The molecule has 1 rings (SSSR count). The van der Waals surface area contributed by atoms with E-state index in [1.165, 1.54) is 0 Å². The van der Waals surface area contributed by atoms with Gasteiger partial charge < -0.3 is 0 Å². The lowest BCUT2D eigenvalue weighted by molar-refractivity contribution is 0.223. The van der Waals surface area contributed by atoms with Gasteiger partial charge in [-0.25, -0.2) is 0 Å². The summed E-state index contributed by atoms with van der Waals surface area (Å²) in [6.07, 6.45) is 2.85. The van der Waals surface area contributed by atoms with Crippen LogP contribution in [-0.4, -0.2) is 24.0 Å². The van der Waals surface area contributed by atoms with Crippen LogP contribution in [0.2, 0.25) is 0 Å². The number of hydrogen-bond acceptors (Lipinski definition) is 4. The molecule has 0 radical (unpaired) electrons. The Kier molecular flexibility index (Phi) is 3.92. The van der Waals surface area contributed by atoms with Crippen molar-refractivity contribution in [1.82, 2.24) is 4.90 Å². The molecule has 1 aliphatic carbocycles. The number of nitriles is 3. The summed E-state index contributed by atoms with van der Waals surface area (Å²) < 4.78 is 0. The van der Waals surface area contributed by atoms with Gasteiger partial charge in [0.2, 0.25) is 0 Å². The lowest BCUT2D eigenvalue weighted by Gasteiger charge is -2.25. The molecule has 2 unspecified atom stereocenters. The molecule has 0 aliphatic heterocycles. The molecular formula is C10H12N4. The lowest BCUT2D eigenvalue weighted by atomic mass is 10.0. The summed E-state index contributed by atoms with van der Waals surface area (Å²) in [5, 5.41) is 26.1. The zero-order valence-corrected chi connectivity index (χ0v) is 7.98. The van der Waals surface area contributed by atoms with Crippen molar-refractivity contribution in [2.75, 3.05) is 13.1 Å². The van der Waals surface area contributed by atoms with E-state index in [1.807, 2.05) is 12.1 Å². The monoisotopic (exact) mass is 188 g/mol. The molecule has 72 valence electrons. The SMILES string of the molecule is N#CCN(CC#N)C1CCCC1C#N. The van der Waals surface area contributed by atoms with Crippen LogP contribution in [0.15, 0.2) is 0 Å². The highest BCUT2D eigenvalue weighted by Crippen LogP contribution is 2.28. The van der Waals surface area contributed by atoms with Crippen LogP contribution < -0.4 is 0 Å². The normalized spacial score (nSPS) is 25.3. The van der Waals surface area contributed by atoms with E-state index >= 15 is 0 Å². The van der Waals surface area contributed by atoms with E-state index < -0.39 is 0 Å². The molecule has 1 saturated carbocycles. The molecule has 0 aromatic rings. The fourth-order valence-electron chi connectivity index (χ4n) is 2.00. The van der Waals surface area contributed by atoms with Gasteiger partial charge in [0.05, 0.1) is 37.2 Å². The number of hydrogen-bond donors (Lipinski definition) is 0. The fraction of sp³-hybridized carbons (Fsp3) is 0.700. The fourth-order valence-corrected chi connectivity index (χ4v) is 2.00. The van der Waals surface area contributed by atoms with E-state index in [4.69, 9.17) is 15.8 Å². The van der Waals surface area contributed by atoms with Crippen LogP contribution in [0, 0.1) is 39.9 Å². The second-order valence-corrected chi connectivity index (χ2v) is 3.46. The molecule has 0 bridgehead atoms. The van der Waals surface area contributed by atoms with E-state index in [1.54, 1.807) is 4.90 Å². The van der Waals surface area contributed by atoms with Crippen molar-refractivity contribution >= 4 is 0 Å². The molecule has 2 atom stereocenters. The van der Waals surface area contributed by atoms with Gasteiger partial charge in [0.15, 0.2) is 0 Å². The minimum absolute atomic E-state index is 0.00306. The Morgan fingerprint density at radius 2 is 1.71 bits per heavy atom. The molecule has 4 nitrogen and oxygen atoms in total. The van der Waals surface area contributed by atoms with Gasteiger partial charge in [0, 0.05) is 6.04 Å². The van der Waals surface area contributed by atoms with Gasteiger partial charge in [-0.2, -0.15) is 15.8 Å². The summed E-state index contributed by atoms with van der Waals surface area (Å²) in [4.78, 5) is 1.81. The van der Waals surface area contributed by atoms with Crippen molar-refractivity contribution in [2.24, 2.45) is 5.92 Å². The highest BCUT2D eigenvalue weighted by atomic mass is 15.2. The first-order chi connectivity index (χ1) is 6.83. The summed E-state index contributed by atoms with van der Waals surface area (Å²) in [6, 6.07) is 6.44. The van der Waals surface area contributed by atoms with Gasteiger partial charge >= 0.3 is 0 Å². The Labute approximate surface area is 84.0 Å². The number of rotatable bonds is 3. The molecule has 1 aliphatic rings. The second-order valence-electron chi connectivity index (χ2n) is 3.46. The summed E-state index contributed by atoms with van der Waals surface area (Å²) in [5.74, 6) is -0.00306. The van der Waals surface area contributed by atoms with E-state index in [9.17, 15) is 0 Å². The molecule has 0 aromatic heterocycles. The van der Waals surface area contributed by atoms with Crippen LogP contribution in [0.1, 0.15) is 19.3 Å². The Balaban J connectivity index is 2.64. The zero-order chi connectivity index (χ0) is 10.4. The van der Waals surface area contributed by atoms with Crippen molar-refractivity contribution in [3.8, 4) is 18.2 Å². The van der Waals surface area contributed by atoms with E-state index in [-0.39, 0.29) is 25.0 Å². The van der Waals surface area contributed by atoms with Gasteiger partial charge in [-0.3, -0.25) is 4.90 Å². The van der Waals surface area contributed by atoms with E-state index in [0.29, 0.717) is 0 Å². The number of nitrogens with zero attached hydrogens (tertiary/aromatic N) is 4. The quantitative estimate of drug-likeness (QED) is 0.620. The maximum atomic E-state index is 8.88. The van der Waals surface area contributed by atoms with Crippen LogP contribution in [0.25, 0.3) is 0 Å². The van der Waals surface area contributed by atoms with Crippen molar-refractivity contribution < 1.29 is 0 Å². The Bertz CT molecular complexity index is 288. The topological polar surface area (TPSA) is 74.6 Å². The van der Waals surface area contributed by atoms with Gasteiger partial charge in [-0.15, -0.1) is 0 Å². The molecule has 0 heterocycles. The molecule has 4 heteroatoms. The third kappa shape index (κ3) is 2.22. The highest BCUT2D eigenvalue weighted by molar-refractivity contribution is 5.00. The molecule has 0 amide bonds. The summed E-state index contributed by atoms with van der Waals surface area (Å²) in [5.41, 5.74) is 0. The molecular weight excluding hydrogens is 176 g/mol. The largest absolute Gasteiger partial charge is 0.273 e. The summed E-state index contributed by atoms with van der Waals surface area (Å²) in [7, 11) is 0. The molecule has 0 N–H and O–H groups in total. The Hall–Kier alpha value is -1.57. The minimum Gasteiger partial charge on any atom is -0.273 e. The summed E-state index contributed by atoms with van der Waals surface area (Å²) >= 11 is 0. The maximum Gasteiger partial charge on any atom is 0.0877 e. The molecule has 0 spiro atoms. The van der Waals surface area contributed by atoms with Gasteiger partial charge in [0.1, 0.15) is 0 Å². The standard InChI is InChI=1S/C10H12N4/c11-4-6-14(7-5-12)10-3-1-2-9(10)8-13/h9-10H,1-3,6-7H2. The van der Waals surface area contributed by atoms with Crippen molar-refractivity contribution in [2.45, 2.75) is 25.3 Å². The van der Waals surface area contributed by atoms with Gasteiger partial charge in [0.25, 0.3) is 0 Å². The minimum atomic E-state index is -0.00306. The van der Waals surface area contributed by atoms with Gasteiger partial charge in [-0.05, 0) is 12.8 Å². The van der Waals surface area contributed by atoms with E-state index in [2.05, 4.69) is 6.07 Å². The van der Waals surface area contributed by atoms with Gasteiger partial charge in [-0.1, -0.05) is 6.42 Å². The first-order valence-electron chi connectivity index (χ1n) is 4.71. The van der Waals surface area contributed by atoms with Crippen LogP contribution in [0.5, 0.6) is 0 Å². The first kappa shape index (κ1) is 10.5. The lowest BCUT2D eigenvalue weighted by Crippen LogP contribution is -2.38. The zero-order valence-electron chi connectivity index (χ0n) is 7.98. The molecule has 1 fully saturated rings. The maximum absolute atomic E-state index is 8.88. The average molecular weight is 188 g/mol. The van der Waals surface area contributed by atoms with Crippen LogP contribution in [0.4, 0.5) is 0 Å². The smallest absolute Gasteiger partial charge is 0.0877 e.